The van der Waals surface area contributed by atoms with Crippen molar-refractivity contribution < 1.29 is 5.11 Å². The first kappa shape index (κ1) is 15.4. The van der Waals surface area contributed by atoms with Gasteiger partial charge in [0.2, 0.25) is 0 Å². The van der Waals surface area contributed by atoms with Gasteiger partial charge in [-0.05, 0) is 49.8 Å². The average molecular weight is 333 g/mol. The molecule has 4 nitrogen and oxygen atoms in total. The van der Waals surface area contributed by atoms with Crippen LogP contribution in [-0.4, -0.2) is 33.3 Å². The Balaban J connectivity index is 1.96. The largest absolute Gasteiger partial charge is 0.396 e. The van der Waals surface area contributed by atoms with Crippen molar-refractivity contribution in [2.75, 3.05) is 13.2 Å². The summed E-state index contributed by atoms with van der Waals surface area (Å²) < 4.78 is 0. The molecule has 1 saturated heterocycles. The lowest BCUT2D eigenvalue weighted by atomic mass is 10.0. The molecule has 0 aliphatic carbocycles. The van der Waals surface area contributed by atoms with Gasteiger partial charge in [-0.3, -0.25) is 4.98 Å². The highest BCUT2D eigenvalue weighted by Gasteiger charge is 2.39. The molecule has 0 amide bonds. The van der Waals surface area contributed by atoms with Crippen LogP contribution in [0.2, 0.25) is 0 Å². The van der Waals surface area contributed by atoms with Crippen LogP contribution in [0.5, 0.6) is 0 Å². The van der Waals surface area contributed by atoms with E-state index in [4.69, 9.17) is 17.3 Å². The number of thiocarbonyl (C=S) groups is 1. The molecule has 116 valence electrons. The summed E-state index contributed by atoms with van der Waals surface area (Å²) in [6.07, 6.45) is 2.52. The van der Waals surface area contributed by atoms with Crippen molar-refractivity contribution in [1.29, 1.82) is 0 Å². The van der Waals surface area contributed by atoms with E-state index in [0.29, 0.717) is 6.42 Å². The summed E-state index contributed by atoms with van der Waals surface area (Å²) in [7, 11) is 0. The van der Waals surface area contributed by atoms with E-state index in [-0.39, 0.29) is 18.7 Å². The Morgan fingerprint density at radius 2 is 2.23 bits per heavy atom. The fraction of sp³-hybridized carbons (Fsp3) is 0.375. The van der Waals surface area contributed by atoms with Gasteiger partial charge in [0.1, 0.15) is 0 Å². The van der Waals surface area contributed by atoms with Crippen LogP contribution in [0.25, 0.3) is 0 Å². The van der Waals surface area contributed by atoms with Gasteiger partial charge in [-0.2, -0.15) is 0 Å². The number of nitrogens with one attached hydrogen (secondary N) is 1. The summed E-state index contributed by atoms with van der Waals surface area (Å²) in [6.45, 7) is 3.03. The number of pyridine rings is 1. The normalized spacial score (nSPS) is 21.2. The van der Waals surface area contributed by atoms with Gasteiger partial charge >= 0.3 is 0 Å². The second-order valence-corrected chi connectivity index (χ2v) is 7.05. The van der Waals surface area contributed by atoms with Crippen LogP contribution in [0, 0.1) is 6.92 Å². The molecular weight excluding hydrogens is 314 g/mol. The Morgan fingerprint density at radius 1 is 1.36 bits per heavy atom. The standard InChI is InChI=1S/C16H19N3OS2/c1-11-6-7-13(22-11)15-14(12-5-2-3-8-17-12)18-16(21)19(15)9-4-10-20/h2-3,5-8,14-15,20H,4,9-10H2,1H3,(H,18,21)/t14-,15+/m1/s1. The van der Waals surface area contributed by atoms with Crippen LogP contribution in [0.1, 0.15) is 34.0 Å². The highest BCUT2D eigenvalue weighted by atomic mass is 32.1. The maximum absolute atomic E-state index is 9.16. The fourth-order valence-corrected chi connectivity index (χ4v) is 4.17. The van der Waals surface area contributed by atoms with Crippen LogP contribution >= 0.6 is 23.6 Å². The van der Waals surface area contributed by atoms with Crippen molar-refractivity contribution in [2.24, 2.45) is 0 Å². The average Bonchev–Trinajstić information content (AvgIpc) is 3.09. The molecule has 2 N–H and O–H groups in total. The smallest absolute Gasteiger partial charge is 0.170 e. The first-order valence-corrected chi connectivity index (χ1v) is 8.58. The summed E-state index contributed by atoms with van der Waals surface area (Å²) in [5, 5.41) is 13.3. The van der Waals surface area contributed by atoms with Gasteiger partial charge < -0.3 is 15.3 Å². The Labute approximate surface area is 139 Å². The lowest BCUT2D eigenvalue weighted by Gasteiger charge is -2.26. The molecule has 3 rings (SSSR count). The van der Waals surface area contributed by atoms with Gasteiger partial charge in [-0.1, -0.05) is 6.07 Å². The molecule has 0 bridgehead atoms. The molecule has 2 atom stereocenters. The molecule has 0 saturated carbocycles. The van der Waals surface area contributed by atoms with Gasteiger partial charge in [0.05, 0.1) is 17.8 Å². The van der Waals surface area contributed by atoms with Gasteiger partial charge in [0, 0.05) is 29.1 Å². The number of aryl methyl sites for hydroxylation is 1. The molecule has 2 aromatic heterocycles. The lowest BCUT2D eigenvalue weighted by Crippen LogP contribution is -2.30. The Kier molecular flexibility index (Phi) is 4.71. The topological polar surface area (TPSA) is 48.4 Å². The first-order chi connectivity index (χ1) is 10.7. The molecule has 0 aromatic carbocycles. The predicted octanol–water partition coefficient (Wildman–Crippen LogP) is 2.81. The van der Waals surface area contributed by atoms with Crippen LogP contribution in [0.3, 0.4) is 0 Å². The second kappa shape index (κ2) is 6.73. The maximum atomic E-state index is 9.16. The molecule has 3 heterocycles. The van der Waals surface area contributed by atoms with Crippen LogP contribution in [0.4, 0.5) is 0 Å². The Hall–Kier alpha value is -1.50. The number of hydrogen-bond donors (Lipinski definition) is 2. The fourth-order valence-electron chi connectivity index (χ4n) is 2.81. The Morgan fingerprint density at radius 3 is 2.86 bits per heavy atom. The minimum absolute atomic E-state index is 0.0467. The number of aliphatic hydroxyl groups excluding tert-OH is 1. The zero-order valence-corrected chi connectivity index (χ0v) is 14.0. The predicted molar refractivity (Wildman–Crippen MR) is 92.9 cm³/mol. The van der Waals surface area contributed by atoms with E-state index in [1.165, 1.54) is 9.75 Å². The van der Waals surface area contributed by atoms with Crippen molar-refractivity contribution in [3.63, 3.8) is 0 Å². The van der Waals surface area contributed by atoms with Crippen molar-refractivity contribution in [3.8, 4) is 0 Å². The summed E-state index contributed by atoms with van der Waals surface area (Å²) >= 11 is 7.32. The van der Waals surface area contributed by atoms with Crippen molar-refractivity contribution in [2.45, 2.75) is 25.4 Å². The quantitative estimate of drug-likeness (QED) is 0.824. The second-order valence-electron chi connectivity index (χ2n) is 5.35. The molecule has 1 fully saturated rings. The number of thiophene rings is 1. The zero-order valence-electron chi connectivity index (χ0n) is 12.4. The SMILES string of the molecule is Cc1ccc([C@H]2[C@@H](c3ccccn3)NC(=S)N2CCCO)s1. The molecule has 0 radical (unpaired) electrons. The molecule has 6 heteroatoms. The van der Waals surface area contributed by atoms with Gasteiger partial charge in [0.15, 0.2) is 5.11 Å². The van der Waals surface area contributed by atoms with E-state index in [1.54, 1.807) is 11.3 Å². The highest BCUT2D eigenvalue weighted by Crippen LogP contribution is 2.41. The van der Waals surface area contributed by atoms with Crippen LogP contribution in [-0.2, 0) is 0 Å². The molecular formula is C16H19N3OS2. The van der Waals surface area contributed by atoms with E-state index < -0.39 is 0 Å². The van der Waals surface area contributed by atoms with Gasteiger partial charge in [-0.25, -0.2) is 0 Å². The minimum atomic E-state index is 0.0467. The Bertz CT molecular complexity index is 644. The number of nitrogens with zero attached hydrogens (tertiary/aromatic N) is 2. The van der Waals surface area contributed by atoms with E-state index >= 15 is 0 Å². The van der Waals surface area contributed by atoms with E-state index in [9.17, 15) is 0 Å². The van der Waals surface area contributed by atoms with E-state index in [0.717, 1.165) is 17.4 Å². The summed E-state index contributed by atoms with van der Waals surface area (Å²) in [6, 6.07) is 10.4. The van der Waals surface area contributed by atoms with Crippen LogP contribution in [0.15, 0.2) is 36.5 Å². The lowest BCUT2D eigenvalue weighted by molar-refractivity contribution is 0.249. The van der Waals surface area contributed by atoms with Gasteiger partial charge in [0.25, 0.3) is 0 Å². The summed E-state index contributed by atoms with van der Waals surface area (Å²) in [5.74, 6) is 0. The van der Waals surface area contributed by atoms with E-state index in [2.05, 4.69) is 34.3 Å². The third-order valence-electron chi connectivity index (χ3n) is 3.81. The third-order valence-corrected chi connectivity index (χ3v) is 5.23. The third kappa shape index (κ3) is 2.99. The molecule has 0 unspecified atom stereocenters. The van der Waals surface area contributed by atoms with Gasteiger partial charge in [-0.15, -0.1) is 11.3 Å². The monoisotopic (exact) mass is 333 g/mol. The number of aliphatic hydroxyl groups is 1. The molecule has 2 aromatic rings. The van der Waals surface area contributed by atoms with Crippen molar-refractivity contribution >= 4 is 28.7 Å². The summed E-state index contributed by atoms with van der Waals surface area (Å²) in [5.41, 5.74) is 0.993. The number of aromatic nitrogens is 1. The molecule has 0 spiro atoms. The number of rotatable bonds is 5. The van der Waals surface area contributed by atoms with Crippen LogP contribution < -0.4 is 5.32 Å². The zero-order chi connectivity index (χ0) is 15.5. The highest BCUT2D eigenvalue weighted by molar-refractivity contribution is 7.80. The minimum Gasteiger partial charge on any atom is -0.396 e. The molecule has 1 aliphatic rings. The number of hydrogen-bond acceptors (Lipinski definition) is 4. The summed E-state index contributed by atoms with van der Waals surface area (Å²) in [4.78, 5) is 9.24. The van der Waals surface area contributed by atoms with Crippen molar-refractivity contribution in [3.05, 3.63) is 52.0 Å². The maximum Gasteiger partial charge on any atom is 0.170 e. The molecule has 22 heavy (non-hydrogen) atoms. The molecule has 1 aliphatic heterocycles. The first-order valence-electron chi connectivity index (χ1n) is 7.36. The van der Waals surface area contributed by atoms with E-state index in [1.807, 2.05) is 24.4 Å². The van der Waals surface area contributed by atoms with Crippen molar-refractivity contribution in [1.82, 2.24) is 15.2 Å².